The number of amides is 2. The van der Waals surface area contributed by atoms with Gasteiger partial charge in [0.25, 0.3) is 0 Å². The molecule has 0 radical (unpaired) electrons. The van der Waals surface area contributed by atoms with Gasteiger partial charge in [0.15, 0.2) is 11.6 Å². The number of carbonyl (C=O) groups is 4. The Bertz CT molecular complexity index is 1880. The average Bonchev–Trinajstić information content (AvgIpc) is 3.19. The second-order valence-corrected chi connectivity index (χ2v) is 20.6. The molecule has 1 unspecified atom stereocenters. The first-order valence-corrected chi connectivity index (χ1v) is 23.2. The topological polar surface area (TPSA) is 116 Å². The molecule has 0 aromatic rings. The Kier molecular flexibility index (Phi) is 15.1. The van der Waals surface area contributed by atoms with Crippen molar-refractivity contribution < 1.29 is 19.2 Å². The number of ketones is 2. The van der Waals surface area contributed by atoms with E-state index in [0.717, 1.165) is 89.0 Å². The van der Waals surface area contributed by atoms with Crippen LogP contribution < -0.4 is 10.6 Å². The van der Waals surface area contributed by atoms with Crippen LogP contribution in [0.1, 0.15) is 152 Å². The van der Waals surface area contributed by atoms with Crippen molar-refractivity contribution in [3.8, 4) is 6.07 Å². The van der Waals surface area contributed by atoms with Crippen molar-refractivity contribution in [1.29, 1.82) is 5.26 Å². The predicted octanol–water partition coefficient (Wildman–Crippen LogP) is 11.4. The third-order valence-electron chi connectivity index (χ3n) is 16.0. The molecule has 5 aliphatic carbocycles. The van der Waals surface area contributed by atoms with Gasteiger partial charge in [0.05, 0.1) is 11.0 Å². The van der Waals surface area contributed by atoms with E-state index in [1.165, 1.54) is 0 Å². The Morgan fingerprint density at radius 2 is 1.37 bits per heavy atom. The van der Waals surface area contributed by atoms with Gasteiger partial charge >= 0.3 is 0 Å². The summed E-state index contributed by atoms with van der Waals surface area (Å²) in [7, 11) is 0. The number of carbonyl (C=O) groups excluding carboxylic acids is 4. The van der Waals surface area contributed by atoms with Crippen molar-refractivity contribution in [1.82, 2.24) is 10.6 Å². The van der Waals surface area contributed by atoms with Gasteiger partial charge in [0.1, 0.15) is 6.07 Å². The Morgan fingerprint density at radius 3 is 1.98 bits per heavy atom. The van der Waals surface area contributed by atoms with Crippen LogP contribution in [0, 0.1) is 61.6 Å². The van der Waals surface area contributed by atoms with E-state index in [0.29, 0.717) is 25.9 Å². The summed E-state index contributed by atoms with van der Waals surface area (Å²) < 4.78 is 0. The summed E-state index contributed by atoms with van der Waals surface area (Å²) in [5.74, 6) is -0.389. The summed E-state index contributed by atoms with van der Waals surface area (Å²) in [5.41, 5.74) is -1.36. The van der Waals surface area contributed by atoms with Crippen molar-refractivity contribution in [2.75, 3.05) is 13.1 Å². The van der Waals surface area contributed by atoms with Gasteiger partial charge < -0.3 is 10.6 Å². The molecule has 3 fully saturated rings. The van der Waals surface area contributed by atoms with Crippen molar-refractivity contribution in [3.05, 3.63) is 84.1 Å². The van der Waals surface area contributed by atoms with Gasteiger partial charge in [-0.1, -0.05) is 128 Å². The van der Waals surface area contributed by atoms with Crippen molar-refractivity contribution in [2.24, 2.45) is 50.2 Å². The van der Waals surface area contributed by atoms with Crippen LogP contribution in [0.2, 0.25) is 0 Å². The van der Waals surface area contributed by atoms with E-state index in [-0.39, 0.29) is 63.0 Å². The molecule has 7 nitrogen and oxygen atoms in total. The van der Waals surface area contributed by atoms with Gasteiger partial charge in [-0.25, -0.2) is 0 Å². The second kappa shape index (κ2) is 19.3. The zero-order valence-electron chi connectivity index (χ0n) is 38.3. The van der Waals surface area contributed by atoms with Gasteiger partial charge in [0.2, 0.25) is 11.8 Å². The number of hydrogen-bond acceptors (Lipinski definition) is 5. The number of nitrogens with one attached hydrogen (secondary N) is 2. The quantitative estimate of drug-likeness (QED) is 0.112. The first-order valence-electron chi connectivity index (χ1n) is 23.2. The Hall–Kier alpha value is -4.05. The highest BCUT2D eigenvalue weighted by atomic mass is 16.2. The maximum Gasteiger partial charge on any atom is 0.226 e. The highest BCUT2D eigenvalue weighted by Crippen LogP contribution is 2.74. The minimum absolute atomic E-state index is 0.000315. The summed E-state index contributed by atoms with van der Waals surface area (Å²) in [6.07, 6.45) is 38.2. The van der Waals surface area contributed by atoms with E-state index in [2.05, 4.69) is 119 Å². The second-order valence-electron chi connectivity index (χ2n) is 20.6. The molecular formula is C53H75N3O4. The number of fused-ring (bicyclic) bond motifs is 7. The van der Waals surface area contributed by atoms with E-state index in [4.69, 9.17) is 0 Å². The number of rotatable bonds is 17. The molecule has 0 aromatic carbocycles. The largest absolute Gasteiger partial charge is 0.354 e. The summed E-state index contributed by atoms with van der Waals surface area (Å²) in [6.45, 7) is 18.2. The van der Waals surface area contributed by atoms with E-state index in [9.17, 15) is 24.4 Å². The molecule has 326 valence electrons. The summed E-state index contributed by atoms with van der Waals surface area (Å²) in [6, 6.07) is 2.20. The lowest BCUT2D eigenvalue weighted by atomic mass is 9.34. The van der Waals surface area contributed by atoms with Gasteiger partial charge in [0, 0.05) is 36.3 Å². The van der Waals surface area contributed by atoms with Gasteiger partial charge in [-0.15, -0.1) is 0 Å². The highest BCUT2D eigenvalue weighted by Gasteiger charge is 2.70. The van der Waals surface area contributed by atoms with Crippen molar-refractivity contribution in [2.45, 2.75) is 152 Å². The Balaban J connectivity index is 1.14. The number of allylic oxidation sites excluding steroid dienone is 14. The van der Waals surface area contributed by atoms with Gasteiger partial charge in [-0.3, -0.25) is 19.2 Å². The van der Waals surface area contributed by atoms with E-state index in [1.54, 1.807) is 0 Å². The SMILES string of the molecule is CC/C=C\C/C=C\C/C=C\C/C=C\C/C=C\CCCC(=O)NCCNC(=O)[C@]12CCC(C)(C)CC1[C@H]1C(=O)C=C3[C@@]4(C)C=C(C#N)C(=O)C(C)(C)[C@@H]4CC[C@@]3(C)[C@]1(C)CC2. The van der Waals surface area contributed by atoms with Crippen LogP contribution in [0.3, 0.4) is 0 Å². The van der Waals surface area contributed by atoms with E-state index in [1.807, 2.05) is 26.0 Å². The first kappa shape index (κ1) is 47.0. The summed E-state index contributed by atoms with van der Waals surface area (Å²) in [5, 5.41) is 16.3. The lowest BCUT2D eigenvalue weighted by Gasteiger charge is -2.69. The van der Waals surface area contributed by atoms with Gasteiger partial charge in [-0.05, 0) is 124 Å². The number of nitrogens with zero attached hydrogens (tertiary/aromatic N) is 1. The monoisotopic (exact) mass is 818 g/mol. The molecule has 0 spiro atoms. The summed E-state index contributed by atoms with van der Waals surface area (Å²) in [4.78, 5) is 55.4. The minimum atomic E-state index is -0.707. The van der Waals surface area contributed by atoms with Gasteiger partial charge in [-0.2, -0.15) is 5.26 Å². The summed E-state index contributed by atoms with van der Waals surface area (Å²) >= 11 is 0. The molecule has 60 heavy (non-hydrogen) atoms. The van der Waals surface area contributed by atoms with Crippen molar-refractivity contribution in [3.63, 3.8) is 0 Å². The number of hydrogen-bond donors (Lipinski definition) is 2. The molecule has 5 aliphatic rings. The maximum absolute atomic E-state index is 14.8. The van der Waals surface area contributed by atoms with Crippen LogP contribution in [-0.2, 0) is 19.2 Å². The highest BCUT2D eigenvalue weighted by molar-refractivity contribution is 6.04. The molecule has 0 aromatic heterocycles. The smallest absolute Gasteiger partial charge is 0.226 e. The fraction of sp³-hybridized carbons (Fsp3) is 0.642. The van der Waals surface area contributed by atoms with Crippen LogP contribution in [0.4, 0.5) is 0 Å². The van der Waals surface area contributed by atoms with Crippen LogP contribution in [-0.4, -0.2) is 36.5 Å². The maximum atomic E-state index is 14.8. The molecule has 0 heterocycles. The normalized spacial score (nSPS) is 33.3. The number of nitriles is 1. The number of Topliss-reactive ketones (excluding diaryl/α,β-unsaturated/α-hetero) is 1. The third-order valence-corrected chi connectivity index (χ3v) is 16.0. The molecule has 5 rings (SSSR count). The molecule has 3 saturated carbocycles. The standard InChI is InChI=1S/C53H75N3O4/c1-9-10-11-12-13-14-15-16-17-18-19-20-21-22-23-24-25-26-44(58)55-33-34-56-47(60)53-31-29-48(2,3)37-40(53)45-41(57)35-43-50(6)36-39(38-54)46(59)49(4,5)42(50)27-28-51(43,7)52(45,8)30-32-53/h10-11,13-14,16-17,19-20,22-23,35-36,40,42,45H,9,12,15,18,21,24-34,37H2,1-8H3,(H,55,58)(H,56,60)/b11-10-,14-13-,17-16-,20-19-,23-22-/t40?,42-,45-,50-,51+,52+,53-/m0/s1. The van der Waals surface area contributed by atoms with Crippen molar-refractivity contribution >= 4 is 23.4 Å². The molecule has 0 bridgehead atoms. The fourth-order valence-corrected chi connectivity index (χ4v) is 12.4. The molecular weight excluding hydrogens is 743 g/mol. The Morgan fingerprint density at radius 1 is 0.783 bits per heavy atom. The minimum Gasteiger partial charge on any atom is -0.354 e. The fourth-order valence-electron chi connectivity index (χ4n) is 12.4. The Labute approximate surface area is 362 Å². The van der Waals surface area contributed by atoms with E-state index < -0.39 is 16.2 Å². The molecule has 2 N–H and O–H groups in total. The predicted molar refractivity (Wildman–Crippen MR) is 243 cm³/mol. The molecule has 7 heteroatoms. The average molecular weight is 818 g/mol. The lowest BCUT2D eigenvalue weighted by Crippen LogP contribution is -2.66. The zero-order valence-corrected chi connectivity index (χ0v) is 38.3. The molecule has 7 atom stereocenters. The number of unbranched alkanes of at least 4 members (excludes halogenated alkanes) is 1. The van der Waals surface area contributed by atoms with Crippen LogP contribution in [0.25, 0.3) is 0 Å². The van der Waals surface area contributed by atoms with Crippen LogP contribution in [0.15, 0.2) is 84.1 Å². The van der Waals surface area contributed by atoms with Crippen LogP contribution in [0.5, 0.6) is 0 Å². The third kappa shape index (κ3) is 9.39. The van der Waals surface area contributed by atoms with E-state index >= 15 is 0 Å². The van der Waals surface area contributed by atoms with Crippen LogP contribution >= 0.6 is 0 Å². The molecule has 2 amide bonds. The molecule has 0 aliphatic heterocycles. The molecule has 0 saturated heterocycles. The zero-order chi connectivity index (χ0) is 43.8. The first-order chi connectivity index (χ1) is 28.4. The lowest BCUT2D eigenvalue weighted by molar-refractivity contribution is -0.178.